The number of anilines is 2. The number of rotatable bonds is 3. The van der Waals surface area contributed by atoms with E-state index in [-0.39, 0.29) is 5.91 Å². The van der Waals surface area contributed by atoms with E-state index >= 15 is 0 Å². The molecule has 0 aliphatic carbocycles. The number of aromatic nitrogens is 2. The summed E-state index contributed by atoms with van der Waals surface area (Å²) < 4.78 is 0. The minimum Gasteiger partial charge on any atom is -0.330 e. The van der Waals surface area contributed by atoms with Gasteiger partial charge in [0.25, 0.3) is 5.91 Å². The van der Waals surface area contributed by atoms with Crippen molar-refractivity contribution in [2.75, 3.05) is 23.9 Å². The fourth-order valence-electron chi connectivity index (χ4n) is 3.79. The monoisotopic (exact) mass is 399 g/mol. The molecule has 1 aliphatic rings. The fourth-order valence-corrected chi connectivity index (χ4v) is 3.79. The lowest BCUT2D eigenvalue weighted by atomic mass is 10.0. The Balaban J connectivity index is 1.91. The summed E-state index contributed by atoms with van der Waals surface area (Å²) in [4.78, 5) is 31.1. The first kappa shape index (κ1) is 19.8. The summed E-state index contributed by atoms with van der Waals surface area (Å²) in [6.45, 7) is 5.79. The number of likely N-dealkylation sites (N-methyl/N-ethyl adjacent to an activating group) is 2. The van der Waals surface area contributed by atoms with Crippen molar-refractivity contribution in [3.05, 3.63) is 82.8 Å². The Hall–Kier alpha value is -3.54. The summed E-state index contributed by atoms with van der Waals surface area (Å²) in [7, 11) is 3.67. The molecule has 0 fully saturated rings. The average molecular weight is 399 g/mol. The van der Waals surface area contributed by atoms with Crippen molar-refractivity contribution in [3.8, 4) is 0 Å². The molecule has 1 amide bonds. The van der Waals surface area contributed by atoms with Gasteiger partial charge >= 0.3 is 0 Å². The highest BCUT2D eigenvalue weighted by molar-refractivity contribution is 6.20. The predicted molar refractivity (Wildman–Crippen MR) is 120 cm³/mol. The molecule has 0 N–H and O–H groups in total. The van der Waals surface area contributed by atoms with Crippen LogP contribution in [0.25, 0.3) is 0 Å². The molecule has 6 heteroatoms. The molecular formula is C24H25N5O. The number of carbonyl (C=O) groups excluding carboxylic acids is 1. The maximum absolute atomic E-state index is 13.5. The van der Waals surface area contributed by atoms with Gasteiger partial charge in [-0.3, -0.25) is 4.79 Å². The molecule has 0 radical (unpaired) electrons. The summed E-state index contributed by atoms with van der Waals surface area (Å²) in [5.74, 6) is 1.28. The van der Waals surface area contributed by atoms with E-state index in [1.165, 1.54) is 0 Å². The first-order valence-electron chi connectivity index (χ1n) is 9.93. The summed E-state index contributed by atoms with van der Waals surface area (Å²) in [5.41, 5.74) is 5.38. The number of amides is 1. The molecule has 4 rings (SSSR count). The Labute approximate surface area is 176 Å². The van der Waals surface area contributed by atoms with Gasteiger partial charge in [0.1, 0.15) is 11.6 Å². The van der Waals surface area contributed by atoms with Crippen molar-refractivity contribution in [3.63, 3.8) is 0 Å². The van der Waals surface area contributed by atoms with Crippen LogP contribution in [0.15, 0.2) is 59.6 Å². The van der Waals surface area contributed by atoms with Crippen LogP contribution in [0, 0.1) is 20.8 Å². The number of para-hydroxylation sites is 1. The van der Waals surface area contributed by atoms with Gasteiger partial charge in [-0.2, -0.15) is 0 Å². The zero-order valence-corrected chi connectivity index (χ0v) is 17.9. The van der Waals surface area contributed by atoms with Crippen LogP contribution < -0.4 is 9.80 Å². The van der Waals surface area contributed by atoms with Crippen molar-refractivity contribution in [2.24, 2.45) is 4.99 Å². The van der Waals surface area contributed by atoms with Crippen LogP contribution in [0.1, 0.15) is 28.2 Å². The molecule has 152 valence electrons. The first-order valence-corrected chi connectivity index (χ1v) is 9.93. The van der Waals surface area contributed by atoms with Gasteiger partial charge in [0.15, 0.2) is 0 Å². The number of hydrogen-bond acceptors (Lipinski definition) is 5. The Kier molecular flexibility index (Phi) is 5.08. The van der Waals surface area contributed by atoms with Gasteiger partial charge in [-0.05, 0) is 26.8 Å². The number of hydrogen-bond donors (Lipinski definition) is 0. The number of benzodiazepines with no additional fused rings is 1. The summed E-state index contributed by atoms with van der Waals surface area (Å²) in [5, 5.41) is 0. The van der Waals surface area contributed by atoms with Crippen molar-refractivity contribution < 1.29 is 4.79 Å². The standard InChI is InChI=1S/C24H25N5O/c1-15-16(2)25-17(3)26-22(15)29(5)23-24(30)28(4)20-14-10-9-13-19(20)21(27-23)18-11-7-6-8-12-18/h6-14,23H,1-5H3. The molecule has 0 saturated carbocycles. The van der Waals surface area contributed by atoms with E-state index in [0.717, 1.165) is 33.8 Å². The second-order valence-electron chi connectivity index (χ2n) is 7.55. The van der Waals surface area contributed by atoms with Gasteiger partial charge in [-0.1, -0.05) is 48.5 Å². The van der Waals surface area contributed by atoms with Crippen LogP contribution in [0.3, 0.4) is 0 Å². The molecule has 2 aromatic carbocycles. The Morgan fingerprint density at radius 1 is 0.933 bits per heavy atom. The molecule has 1 unspecified atom stereocenters. The van der Waals surface area contributed by atoms with Gasteiger partial charge in [0, 0.05) is 36.5 Å². The second-order valence-corrected chi connectivity index (χ2v) is 7.55. The van der Waals surface area contributed by atoms with E-state index in [1.807, 2.05) is 87.3 Å². The van der Waals surface area contributed by atoms with E-state index in [2.05, 4.69) is 9.97 Å². The quantitative estimate of drug-likeness (QED) is 0.674. The van der Waals surface area contributed by atoms with Crippen molar-refractivity contribution in [1.82, 2.24) is 9.97 Å². The minimum absolute atomic E-state index is 0.107. The van der Waals surface area contributed by atoms with Crippen LogP contribution in [-0.2, 0) is 4.79 Å². The van der Waals surface area contributed by atoms with Gasteiger partial charge in [-0.15, -0.1) is 0 Å². The lowest BCUT2D eigenvalue weighted by Crippen LogP contribution is -2.45. The number of fused-ring (bicyclic) bond motifs is 1. The van der Waals surface area contributed by atoms with E-state index in [9.17, 15) is 4.79 Å². The van der Waals surface area contributed by atoms with Crippen LogP contribution >= 0.6 is 0 Å². The third-order valence-corrected chi connectivity index (χ3v) is 5.55. The molecule has 0 bridgehead atoms. The topological polar surface area (TPSA) is 61.7 Å². The molecule has 1 atom stereocenters. The SMILES string of the molecule is Cc1nc(C)c(C)c(N(C)C2N=C(c3ccccc3)c3ccccc3N(C)C2=O)n1. The predicted octanol–water partition coefficient (Wildman–Crippen LogP) is 3.68. The number of carbonyl (C=O) groups is 1. The number of aryl methyl sites for hydroxylation is 2. The lowest BCUT2D eigenvalue weighted by molar-refractivity contribution is -0.119. The maximum atomic E-state index is 13.5. The van der Waals surface area contributed by atoms with Gasteiger partial charge in [-0.25, -0.2) is 15.0 Å². The van der Waals surface area contributed by atoms with Crippen molar-refractivity contribution in [1.29, 1.82) is 0 Å². The Bertz CT molecular complexity index is 1140. The van der Waals surface area contributed by atoms with Crippen molar-refractivity contribution >= 4 is 23.1 Å². The van der Waals surface area contributed by atoms with E-state index in [1.54, 1.807) is 11.9 Å². The van der Waals surface area contributed by atoms with E-state index in [0.29, 0.717) is 11.6 Å². The van der Waals surface area contributed by atoms with E-state index in [4.69, 9.17) is 4.99 Å². The molecule has 0 saturated heterocycles. The van der Waals surface area contributed by atoms with Gasteiger partial charge in [0.05, 0.1) is 11.4 Å². The van der Waals surface area contributed by atoms with Gasteiger partial charge < -0.3 is 9.80 Å². The Morgan fingerprint density at radius 3 is 2.33 bits per heavy atom. The van der Waals surface area contributed by atoms with E-state index < -0.39 is 6.17 Å². The average Bonchev–Trinajstić information content (AvgIpc) is 2.86. The zero-order chi connectivity index (χ0) is 21.4. The number of aliphatic imine (C=N–C) groups is 1. The highest BCUT2D eigenvalue weighted by atomic mass is 16.2. The minimum atomic E-state index is -0.745. The first-order chi connectivity index (χ1) is 14.4. The number of benzene rings is 2. The Morgan fingerprint density at radius 2 is 1.60 bits per heavy atom. The van der Waals surface area contributed by atoms with Crippen molar-refractivity contribution in [2.45, 2.75) is 26.9 Å². The third kappa shape index (κ3) is 3.34. The fraction of sp³-hybridized carbons (Fsp3) is 0.250. The molecule has 30 heavy (non-hydrogen) atoms. The summed E-state index contributed by atoms with van der Waals surface area (Å²) >= 11 is 0. The van der Waals surface area contributed by atoms with Crippen LogP contribution in [0.4, 0.5) is 11.5 Å². The smallest absolute Gasteiger partial charge is 0.272 e. The molecular weight excluding hydrogens is 374 g/mol. The largest absolute Gasteiger partial charge is 0.330 e. The molecule has 2 heterocycles. The molecule has 1 aromatic heterocycles. The zero-order valence-electron chi connectivity index (χ0n) is 17.9. The highest BCUT2D eigenvalue weighted by Gasteiger charge is 2.33. The van der Waals surface area contributed by atoms with Gasteiger partial charge in [0.2, 0.25) is 6.17 Å². The molecule has 0 spiro atoms. The van der Waals surface area contributed by atoms with Crippen LogP contribution in [-0.4, -0.2) is 41.8 Å². The molecule has 3 aromatic rings. The molecule has 1 aliphatic heterocycles. The highest BCUT2D eigenvalue weighted by Crippen LogP contribution is 2.30. The third-order valence-electron chi connectivity index (χ3n) is 5.55. The lowest BCUT2D eigenvalue weighted by Gasteiger charge is -2.29. The summed E-state index contributed by atoms with van der Waals surface area (Å²) in [6.07, 6.45) is -0.745. The molecule has 6 nitrogen and oxygen atoms in total. The maximum Gasteiger partial charge on any atom is 0.272 e. The summed E-state index contributed by atoms with van der Waals surface area (Å²) in [6, 6.07) is 17.9. The van der Waals surface area contributed by atoms with Crippen LogP contribution in [0.2, 0.25) is 0 Å². The normalized spacial score (nSPS) is 16.0. The van der Waals surface area contributed by atoms with Crippen LogP contribution in [0.5, 0.6) is 0 Å². The second kappa shape index (κ2) is 7.71. The number of nitrogens with zero attached hydrogens (tertiary/aromatic N) is 5.